The second-order valence-corrected chi connectivity index (χ2v) is 12.6. The highest BCUT2D eigenvalue weighted by Crippen LogP contribution is 2.38. The lowest BCUT2D eigenvalue weighted by Crippen LogP contribution is -2.33. The number of halogens is 2. The molecule has 1 atom stereocenters. The number of likely N-dealkylation sites (tertiary alicyclic amines) is 1. The number of fused-ring (bicyclic) bond motifs is 1. The summed E-state index contributed by atoms with van der Waals surface area (Å²) in [5, 5.41) is 7.15. The van der Waals surface area contributed by atoms with Crippen molar-refractivity contribution >= 4 is 54.5 Å². The van der Waals surface area contributed by atoms with Gasteiger partial charge >= 0.3 is 6.03 Å². The lowest BCUT2D eigenvalue weighted by Gasteiger charge is -2.26. The van der Waals surface area contributed by atoms with Crippen LogP contribution in [0, 0.1) is 0 Å². The van der Waals surface area contributed by atoms with Crippen molar-refractivity contribution in [2.75, 3.05) is 26.2 Å². The Morgan fingerprint density at radius 3 is 2.41 bits per heavy atom. The van der Waals surface area contributed by atoms with Gasteiger partial charge in [-0.25, -0.2) is 9.80 Å². The molecular formula is C32H33Br2N5O2. The van der Waals surface area contributed by atoms with Gasteiger partial charge in [-0.05, 0) is 79.5 Å². The number of ether oxygens (including phenoxy) is 1. The van der Waals surface area contributed by atoms with Crippen LogP contribution in [0.15, 0.2) is 87.0 Å². The maximum absolute atomic E-state index is 12.5. The number of hydrogen-bond acceptors (Lipinski definition) is 4. The molecule has 2 N–H and O–H groups in total. The summed E-state index contributed by atoms with van der Waals surface area (Å²) in [6.07, 6.45) is 6.66. The first-order valence-corrected chi connectivity index (χ1v) is 15.7. The lowest BCUT2D eigenvalue weighted by atomic mass is 9.98. The Morgan fingerprint density at radius 1 is 0.951 bits per heavy atom. The van der Waals surface area contributed by atoms with Crippen LogP contribution >= 0.6 is 31.9 Å². The molecule has 4 aromatic rings. The van der Waals surface area contributed by atoms with Crippen LogP contribution in [-0.4, -0.2) is 52.5 Å². The summed E-state index contributed by atoms with van der Waals surface area (Å²) in [6.45, 7) is 4.74. The molecule has 2 aliphatic rings. The van der Waals surface area contributed by atoms with Crippen molar-refractivity contribution in [3.05, 3.63) is 98.6 Å². The smallest absolute Gasteiger partial charge is 0.335 e. The van der Waals surface area contributed by atoms with Gasteiger partial charge in [0, 0.05) is 51.1 Å². The van der Waals surface area contributed by atoms with Gasteiger partial charge in [-0.15, -0.1) is 0 Å². The van der Waals surface area contributed by atoms with Crippen molar-refractivity contribution in [2.24, 2.45) is 10.8 Å². The molecule has 6 rings (SSSR count). The first-order valence-electron chi connectivity index (χ1n) is 14.1. The van der Waals surface area contributed by atoms with Gasteiger partial charge < -0.3 is 15.0 Å². The Bertz CT molecular complexity index is 1560. The molecule has 0 spiro atoms. The summed E-state index contributed by atoms with van der Waals surface area (Å²) in [5.74, 6) is 0.897. The molecule has 0 radical (unpaired) electrons. The summed E-state index contributed by atoms with van der Waals surface area (Å²) in [4.78, 5) is 15.0. The highest BCUT2D eigenvalue weighted by Gasteiger charge is 2.34. The number of carbonyl (C=O) groups is 1. The SMILES string of the molecule is NC(=O)N1N=C(c2ccc(Br)cc2)CC1c1cn(Cc2ccc(OCCN3CCCCC3)cc2)c2ccc(Br)cc12. The van der Waals surface area contributed by atoms with E-state index in [1.165, 1.54) is 42.9 Å². The molecule has 0 aliphatic carbocycles. The van der Waals surface area contributed by atoms with E-state index in [2.05, 4.69) is 89.0 Å². The van der Waals surface area contributed by atoms with Gasteiger partial charge in [-0.3, -0.25) is 4.90 Å². The summed E-state index contributed by atoms with van der Waals surface area (Å²) in [7, 11) is 0. The normalized spacial score (nSPS) is 17.7. The van der Waals surface area contributed by atoms with Gasteiger partial charge in [0.2, 0.25) is 0 Å². The molecule has 1 aromatic heterocycles. The maximum Gasteiger partial charge on any atom is 0.335 e. The van der Waals surface area contributed by atoms with Crippen LogP contribution in [0.1, 0.15) is 48.4 Å². The van der Waals surface area contributed by atoms with Crippen molar-refractivity contribution in [1.29, 1.82) is 0 Å². The predicted octanol–water partition coefficient (Wildman–Crippen LogP) is 7.31. The Hall–Kier alpha value is -3.14. The molecule has 2 amide bonds. The van der Waals surface area contributed by atoms with E-state index in [0.29, 0.717) is 19.6 Å². The average molecular weight is 679 g/mol. The highest BCUT2D eigenvalue weighted by molar-refractivity contribution is 9.10. The quantitative estimate of drug-likeness (QED) is 0.212. The third-order valence-electron chi connectivity index (χ3n) is 7.95. The van der Waals surface area contributed by atoms with Crippen LogP contribution in [0.4, 0.5) is 4.79 Å². The molecule has 1 fully saturated rings. The fourth-order valence-electron chi connectivity index (χ4n) is 5.83. The van der Waals surface area contributed by atoms with Gasteiger partial charge in [0.1, 0.15) is 12.4 Å². The summed E-state index contributed by atoms with van der Waals surface area (Å²) < 4.78 is 10.2. The standard InChI is InChI=1S/C32H33Br2N5O2/c33-24-8-6-23(7-9-24)29-19-31(39(36-29)32(35)40)28-21-38(30-13-10-25(34)18-27(28)30)20-22-4-11-26(12-5-22)41-17-16-37-14-2-1-3-15-37/h4-13,18,21,31H,1-3,14-17,19-20H2,(H2,35,40). The molecule has 1 unspecified atom stereocenters. The zero-order valence-electron chi connectivity index (χ0n) is 22.8. The second kappa shape index (κ2) is 12.4. The fraction of sp³-hybridized carbons (Fsp3) is 0.312. The van der Waals surface area contributed by atoms with E-state index < -0.39 is 6.03 Å². The van der Waals surface area contributed by atoms with Crippen LogP contribution in [-0.2, 0) is 6.54 Å². The molecular weight excluding hydrogens is 646 g/mol. The summed E-state index contributed by atoms with van der Waals surface area (Å²) in [5.41, 5.74) is 10.9. The minimum atomic E-state index is -0.561. The van der Waals surface area contributed by atoms with Crippen molar-refractivity contribution in [1.82, 2.24) is 14.5 Å². The number of rotatable bonds is 8. The molecule has 9 heteroatoms. The first kappa shape index (κ1) is 28.0. The molecule has 7 nitrogen and oxygen atoms in total. The van der Waals surface area contributed by atoms with Gasteiger partial charge in [0.25, 0.3) is 0 Å². The molecule has 1 saturated heterocycles. The molecule has 3 aromatic carbocycles. The van der Waals surface area contributed by atoms with Gasteiger partial charge in [-0.1, -0.05) is 62.5 Å². The van der Waals surface area contributed by atoms with Crippen molar-refractivity contribution in [3.8, 4) is 5.75 Å². The topological polar surface area (TPSA) is 76.1 Å². The van der Waals surface area contributed by atoms with Crippen molar-refractivity contribution in [3.63, 3.8) is 0 Å². The lowest BCUT2D eigenvalue weighted by molar-refractivity contribution is 0.183. The third kappa shape index (κ3) is 6.37. The Kier molecular flexibility index (Phi) is 8.46. The van der Waals surface area contributed by atoms with E-state index in [4.69, 9.17) is 10.5 Å². The van der Waals surface area contributed by atoms with Gasteiger partial charge in [-0.2, -0.15) is 5.10 Å². The zero-order chi connectivity index (χ0) is 28.3. The number of urea groups is 1. The number of carbonyl (C=O) groups excluding carboxylic acids is 1. The number of hydrogen-bond donors (Lipinski definition) is 1. The van der Waals surface area contributed by atoms with Crippen LogP contribution < -0.4 is 10.5 Å². The van der Waals surface area contributed by atoms with Crippen molar-refractivity contribution < 1.29 is 9.53 Å². The van der Waals surface area contributed by atoms with E-state index in [-0.39, 0.29) is 6.04 Å². The minimum absolute atomic E-state index is 0.292. The molecule has 0 bridgehead atoms. The number of nitrogens with two attached hydrogens (primary N) is 1. The summed E-state index contributed by atoms with van der Waals surface area (Å²) >= 11 is 7.13. The van der Waals surface area contributed by atoms with Crippen LogP contribution in [0.25, 0.3) is 10.9 Å². The van der Waals surface area contributed by atoms with Crippen LogP contribution in [0.2, 0.25) is 0 Å². The van der Waals surface area contributed by atoms with Crippen LogP contribution in [0.5, 0.6) is 5.75 Å². The predicted molar refractivity (Wildman–Crippen MR) is 170 cm³/mol. The van der Waals surface area contributed by atoms with E-state index in [9.17, 15) is 4.79 Å². The molecule has 2 aliphatic heterocycles. The second-order valence-electron chi connectivity index (χ2n) is 10.7. The Balaban J connectivity index is 1.21. The maximum atomic E-state index is 12.5. The van der Waals surface area contributed by atoms with Gasteiger partial charge in [0.05, 0.1) is 11.8 Å². The number of hydrazone groups is 1. The first-order chi connectivity index (χ1) is 19.9. The van der Waals surface area contributed by atoms with Gasteiger partial charge in [0.15, 0.2) is 0 Å². The van der Waals surface area contributed by atoms with E-state index in [1.807, 2.05) is 30.3 Å². The third-order valence-corrected chi connectivity index (χ3v) is 8.97. The number of primary amides is 1. The molecule has 212 valence electrons. The number of nitrogens with zero attached hydrogens (tertiary/aromatic N) is 4. The highest BCUT2D eigenvalue weighted by atomic mass is 79.9. The van der Waals surface area contributed by atoms with E-state index in [1.54, 1.807) is 0 Å². The molecule has 3 heterocycles. The molecule has 41 heavy (non-hydrogen) atoms. The van der Waals surface area contributed by atoms with Crippen LogP contribution in [0.3, 0.4) is 0 Å². The Labute approximate surface area is 257 Å². The fourth-order valence-corrected chi connectivity index (χ4v) is 6.45. The van der Waals surface area contributed by atoms with E-state index in [0.717, 1.165) is 49.0 Å². The number of piperidine rings is 1. The average Bonchev–Trinajstić information content (AvgIpc) is 3.57. The minimum Gasteiger partial charge on any atom is -0.492 e. The zero-order valence-corrected chi connectivity index (χ0v) is 26.0. The Morgan fingerprint density at radius 2 is 1.68 bits per heavy atom. The number of amides is 2. The van der Waals surface area contributed by atoms with Crippen molar-refractivity contribution in [2.45, 2.75) is 38.3 Å². The monoisotopic (exact) mass is 677 g/mol. The van der Waals surface area contributed by atoms with E-state index >= 15 is 0 Å². The summed E-state index contributed by atoms with van der Waals surface area (Å²) in [6, 6.07) is 21.7. The molecule has 0 saturated carbocycles. The number of aromatic nitrogens is 1. The number of benzene rings is 3. The largest absolute Gasteiger partial charge is 0.492 e.